The second-order valence-corrected chi connectivity index (χ2v) is 36.9. The highest BCUT2D eigenvalue weighted by Crippen LogP contribution is 2.49. The van der Waals surface area contributed by atoms with E-state index in [0.29, 0.717) is 43.9 Å². The van der Waals surface area contributed by atoms with Crippen molar-refractivity contribution in [1.29, 1.82) is 0 Å². The van der Waals surface area contributed by atoms with Crippen LogP contribution >= 0.6 is 7.82 Å². The van der Waals surface area contributed by atoms with Gasteiger partial charge < -0.3 is 88.7 Å². The van der Waals surface area contributed by atoms with Gasteiger partial charge in [-0.15, -0.1) is 0 Å². The van der Waals surface area contributed by atoms with Crippen LogP contribution in [-0.4, -0.2) is 205 Å². The van der Waals surface area contributed by atoms with Gasteiger partial charge in [0.25, 0.3) is 0 Å². The van der Waals surface area contributed by atoms with Crippen LogP contribution < -0.4 is 0 Å². The zero-order valence-corrected chi connectivity index (χ0v) is 76.2. The maximum Gasteiger partial charge on any atom is 0.472 e. The average Bonchev–Trinajstić information content (AvgIpc) is 0.754. The third-order valence-corrected chi connectivity index (χ3v) is 25.4. The van der Waals surface area contributed by atoms with Crippen molar-refractivity contribution >= 4 is 31.7 Å². The van der Waals surface area contributed by atoms with Gasteiger partial charge in [0, 0.05) is 25.7 Å². The van der Waals surface area contributed by atoms with Gasteiger partial charge in [0.05, 0.1) is 13.2 Å². The molecule has 0 aromatic heterocycles. The van der Waals surface area contributed by atoms with Gasteiger partial charge in [-0.2, -0.15) is 0 Å². The summed E-state index contributed by atoms with van der Waals surface area (Å²) in [4.78, 5) is 66.6. The second-order valence-electron chi connectivity index (χ2n) is 35.5. The van der Waals surface area contributed by atoms with Crippen LogP contribution in [0.2, 0.25) is 0 Å². The number of phosphoric acid groups is 1. The van der Waals surface area contributed by atoms with Crippen molar-refractivity contribution in [2.45, 2.75) is 531 Å². The smallest absolute Gasteiger partial charge is 0.463 e. The van der Waals surface area contributed by atoms with Crippen molar-refractivity contribution in [3.63, 3.8) is 0 Å². The Hall–Kier alpha value is -2.53. The predicted molar refractivity (Wildman–Crippen MR) is 463 cm³/mol. The van der Waals surface area contributed by atoms with Gasteiger partial charge in [0.1, 0.15) is 92.6 Å². The van der Waals surface area contributed by atoms with Crippen LogP contribution in [0, 0.1) is 11.8 Å². The molecule has 3 fully saturated rings. The number of hydrogen-bond donors (Lipinski definition) is 10. The van der Waals surface area contributed by atoms with E-state index in [0.717, 1.165) is 128 Å². The molecule has 702 valence electrons. The topological polar surface area (TPSA) is 380 Å². The highest BCUT2D eigenvalue weighted by atomic mass is 31.2. The average molecular weight is 1720 g/mol. The number of phosphoric ester groups is 1. The molecule has 1 saturated carbocycles. The van der Waals surface area contributed by atoms with Crippen molar-refractivity contribution in [3.8, 4) is 0 Å². The summed E-state index contributed by atoms with van der Waals surface area (Å²) in [6.45, 7) is 10.3. The molecule has 3 rings (SSSR count). The minimum absolute atomic E-state index is 0.0188. The van der Waals surface area contributed by atoms with E-state index in [-0.39, 0.29) is 25.7 Å². The Kier molecular flexibility index (Phi) is 65.6. The lowest BCUT2D eigenvalue weighted by molar-refractivity contribution is -0.360. The van der Waals surface area contributed by atoms with E-state index in [1.165, 1.54) is 199 Å². The fourth-order valence-electron chi connectivity index (χ4n) is 16.5. The zero-order valence-electron chi connectivity index (χ0n) is 75.3. The van der Waals surface area contributed by atoms with Gasteiger partial charge in [-0.3, -0.25) is 28.2 Å². The monoisotopic (exact) mass is 1720 g/mol. The molecule has 0 spiro atoms. The van der Waals surface area contributed by atoms with Crippen LogP contribution in [0.5, 0.6) is 0 Å². The third-order valence-electron chi connectivity index (χ3n) is 24.4. The highest BCUT2D eigenvalue weighted by Gasteiger charge is 2.60. The van der Waals surface area contributed by atoms with E-state index in [9.17, 15) is 74.6 Å². The maximum atomic E-state index is 14.9. The lowest BCUT2D eigenvalue weighted by Gasteiger charge is -2.50. The van der Waals surface area contributed by atoms with Gasteiger partial charge in [0.15, 0.2) is 24.8 Å². The molecule has 0 aromatic carbocycles. The molecule has 0 radical (unpaired) electrons. The first-order chi connectivity index (χ1) is 57.5. The van der Waals surface area contributed by atoms with Crippen LogP contribution in [0.1, 0.15) is 427 Å². The number of carbonyl (C=O) groups excluding carboxylic acids is 4. The lowest BCUT2D eigenvalue weighted by atomic mass is 9.84. The summed E-state index contributed by atoms with van der Waals surface area (Å²) in [7, 11) is -5.81. The van der Waals surface area contributed by atoms with E-state index in [2.05, 4.69) is 41.5 Å². The molecule has 10 N–H and O–H groups in total. The van der Waals surface area contributed by atoms with Gasteiger partial charge in [-0.25, -0.2) is 4.57 Å². The third kappa shape index (κ3) is 51.2. The van der Waals surface area contributed by atoms with Crippen LogP contribution in [0.3, 0.4) is 0 Å². The molecule has 3 aliphatic rings. The molecule has 2 aliphatic heterocycles. The molecule has 25 nitrogen and oxygen atoms in total. The summed E-state index contributed by atoms with van der Waals surface area (Å²) in [6, 6.07) is 0. The summed E-state index contributed by atoms with van der Waals surface area (Å²) in [5.41, 5.74) is 0. The molecule has 119 heavy (non-hydrogen) atoms. The van der Waals surface area contributed by atoms with E-state index in [1.807, 2.05) is 0 Å². The van der Waals surface area contributed by atoms with Gasteiger partial charge in [-0.05, 0) is 37.5 Å². The van der Waals surface area contributed by atoms with Crippen molar-refractivity contribution in [2.75, 3.05) is 26.4 Å². The Morgan fingerprint density at radius 3 is 1.00 bits per heavy atom. The quantitative estimate of drug-likeness (QED) is 0.0117. The Labute approximate surface area is 719 Å². The van der Waals surface area contributed by atoms with Gasteiger partial charge in [-0.1, -0.05) is 375 Å². The first-order valence-corrected chi connectivity index (χ1v) is 50.0. The maximum absolute atomic E-state index is 14.9. The van der Waals surface area contributed by atoms with Gasteiger partial charge in [0.2, 0.25) is 0 Å². The molecular formula is C93H175O25P. The number of hydrogen-bond acceptors (Lipinski definition) is 24. The van der Waals surface area contributed by atoms with Gasteiger partial charge >= 0.3 is 31.7 Å². The summed E-state index contributed by atoms with van der Waals surface area (Å²) in [5, 5.41) is 102. The fraction of sp³-hybridized carbons (Fsp3) is 0.957. The number of carbonyl (C=O) groups is 4. The lowest BCUT2D eigenvalue weighted by Crippen LogP contribution is -2.70. The minimum Gasteiger partial charge on any atom is -0.463 e. The molecule has 20 unspecified atom stereocenters. The standard InChI is InChI=1S/C93H175O25P/c1-7-11-15-19-23-25-27-29-30-32-34-35-37-47-55-63-76(95)109-68-73(112-78(97)65-57-49-41-39-45-53-61-71(5)59-51-43-21-17-13-9-3)69-111-119(107,108)118-91-89(116-92-86(105)82(101)80(99)74(67-94)113-92)85(104)84(103)88(115-79(98)66-58-50-42-40-46-54-62-72(6)60-52-44-22-18-14-10-4)90(91)117-93-87(106)83(102)81(100)75(114-93)70-110-77(96)64-56-48-38-36-33-31-28-26-24-20-16-12-8-2/h71-75,80-94,99-106H,7-70H2,1-6H3,(H,107,108). The predicted octanol–water partition coefficient (Wildman–Crippen LogP) is 18.3. The summed E-state index contributed by atoms with van der Waals surface area (Å²) < 4.78 is 73.6. The SMILES string of the molecule is CCCCCCCCCCCCCCCCCC(=O)OCC(COP(=O)(O)OC1C(OC2OC(CO)C(O)C(O)C2O)C(O)C(O)C(OC(=O)CCCCCCCCC(C)CCCCCCCC)C1OC1OC(COC(=O)CCCCCCCCCCCCCCC)C(O)C(O)C1O)OC(=O)CCCCCCCCC(C)CCCCCCCC. The number of rotatable bonds is 78. The Balaban J connectivity index is 1.93. The summed E-state index contributed by atoms with van der Waals surface area (Å²) in [5.74, 6) is -1.65. The molecule has 1 aliphatic carbocycles. The number of esters is 4. The molecule has 2 heterocycles. The van der Waals surface area contributed by atoms with Crippen molar-refractivity contribution < 1.29 is 122 Å². The van der Waals surface area contributed by atoms with E-state index in [1.54, 1.807) is 0 Å². The van der Waals surface area contributed by atoms with Crippen molar-refractivity contribution in [2.24, 2.45) is 11.8 Å². The largest absolute Gasteiger partial charge is 0.472 e. The highest BCUT2D eigenvalue weighted by molar-refractivity contribution is 7.47. The molecule has 0 bridgehead atoms. The van der Waals surface area contributed by atoms with E-state index >= 15 is 0 Å². The summed E-state index contributed by atoms with van der Waals surface area (Å²) >= 11 is 0. The van der Waals surface area contributed by atoms with Crippen LogP contribution in [-0.2, 0) is 70.7 Å². The van der Waals surface area contributed by atoms with Crippen LogP contribution in [0.4, 0.5) is 0 Å². The summed E-state index contributed by atoms with van der Waals surface area (Å²) in [6.07, 6.45) is 25.2. The first kappa shape index (κ1) is 111. The van der Waals surface area contributed by atoms with Crippen molar-refractivity contribution in [1.82, 2.24) is 0 Å². The molecule has 20 atom stereocenters. The molecule has 0 aromatic rings. The van der Waals surface area contributed by atoms with Crippen LogP contribution in [0.25, 0.3) is 0 Å². The molecule has 0 amide bonds. The molecule has 2 saturated heterocycles. The first-order valence-electron chi connectivity index (χ1n) is 48.6. The number of aliphatic hydroxyl groups is 9. The normalized spacial score (nSPS) is 25.3. The number of ether oxygens (including phenoxy) is 8. The zero-order chi connectivity index (χ0) is 87.1. The molecule has 26 heteroatoms. The fourth-order valence-corrected chi connectivity index (χ4v) is 17.5. The number of unbranched alkanes of at least 4 members (excludes halogenated alkanes) is 46. The Morgan fingerprint density at radius 2 is 0.630 bits per heavy atom. The molecular weight excluding hydrogens is 1550 g/mol. The minimum atomic E-state index is -5.81. The number of aliphatic hydroxyl groups excluding tert-OH is 9. The van der Waals surface area contributed by atoms with Crippen LogP contribution in [0.15, 0.2) is 0 Å². The Bertz CT molecular complexity index is 2500. The van der Waals surface area contributed by atoms with E-state index in [4.69, 9.17) is 46.9 Å². The van der Waals surface area contributed by atoms with E-state index < -0.39 is 162 Å². The second kappa shape index (κ2) is 70.5. The van der Waals surface area contributed by atoms with Crippen molar-refractivity contribution in [3.05, 3.63) is 0 Å². The Morgan fingerprint density at radius 1 is 0.328 bits per heavy atom.